The van der Waals surface area contributed by atoms with Crippen LogP contribution in [-0.2, 0) is 42.8 Å². The Bertz CT molecular complexity index is 2000. The van der Waals surface area contributed by atoms with Crippen LogP contribution in [0.4, 0.5) is 30.7 Å². The Morgan fingerprint density at radius 1 is 0.940 bits per heavy atom. The summed E-state index contributed by atoms with van der Waals surface area (Å²) in [6.45, 7) is -0.140. The van der Waals surface area contributed by atoms with E-state index in [-0.39, 0.29) is 72.1 Å². The van der Waals surface area contributed by atoms with Crippen LogP contribution in [-0.4, -0.2) is 61.0 Å². The van der Waals surface area contributed by atoms with Crippen molar-refractivity contribution in [3.05, 3.63) is 99.6 Å². The van der Waals surface area contributed by atoms with Gasteiger partial charge in [-0.2, -0.15) is 31.6 Å². The lowest BCUT2D eigenvalue weighted by Crippen LogP contribution is -2.55. The van der Waals surface area contributed by atoms with Gasteiger partial charge in [0.25, 0.3) is 0 Å². The minimum absolute atomic E-state index is 0.0282. The summed E-state index contributed by atoms with van der Waals surface area (Å²) in [5.41, 5.74) is -6.80. The van der Waals surface area contributed by atoms with Gasteiger partial charge in [0.2, 0.25) is 11.8 Å². The highest BCUT2D eigenvalue weighted by Crippen LogP contribution is 2.57. The Kier molecular flexibility index (Phi) is 8.74. The molecule has 0 N–H and O–H groups in total. The number of carbonyl (C=O) groups is 2. The Morgan fingerprint density at radius 2 is 1.62 bits per heavy atom. The molecule has 6 rings (SSSR count). The van der Waals surface area contributed by atoms with Crippen LogP contribution in [0.3, 0.4) is 0 Å². The number of fused-ring (bicyclic) bond motifs is 3. The minimum Gasteiger partial charge on any atom is -0.336 e. The standard InChI is InChI=1S/C34H27ClF7N3O4S/c35-24-2-1-3-25(17-24)50(48,49)31-14-15-44(30(47)27-11-13-29(46)45(27)19-21-6-4-20(18-43)5-7-21)28(31)12-8-22-16-23(9-10-26(22)31)32(36,33(37,38)39)34(40,41)42/h1-7,9-10,16-17,27-28H,8,11-15,19H2/t27-,28?,31?/m0/s1. The Hall–Kier alpha value is -4.16. The number of rotatable bonds is 6. The van der Waals surface area contributed by atoms with Gasteiger partial charge in [-0.25, -0.2) is 12.8 Å². The number of carbonyl (C=O) groups excluding carboxylic acids is 2. The molecular weight excluding hydrogens is 715 g/mol. The zero-order valence-corrected chi connectivity index (χ0v) is 27.4. The monoisotopic (exact) mass is 741 g/mol. The molecule has 3 atom stereocenters. The van der Waals surface area contributed by atoms with Gasteiger partial charge in [-0.1, -0.05) is 48.0 Å². The zero-order valence-electron chi connectivity index (χ0n) is 25.9. The molecule has 3 aliphatic rings. The molecule has 2 saturated heterocycles. The molecule has 3 aromatic carbocycles. The Morgan fingerprint density at radius 3 is 2.24 bits per heavy atom. The van der Waals surface area contributed by atoms with Crippen molar-refractivity contribution in [3.63, 3.8) is 0 Å². The van der Waals surface area contributed by atoms with Gasteiger partial charge in [0.15, 0.2) is 9.84 Å². The number of alkyl halides is 7. The van der Waals surface area contributed by atoms with Crippen molar-refractivity contribution in [3.8, 4) is 6.07 Å². The van der Waals surface area contributed by atoms with E-state index in [1.54, 1.807) is 24.3 Å². The highest BCUT2D eigenvalue weighted by Gasteiger charge is 2.74. The molecule has 50 heavy (non-hydrogen) atoms. The normalized spacial score (nSPS) is 22.7. The van der Waals surface area contributed by atoms with Crippen molar-refractivity contribution in [2.75, 3.05) is 6.54 Å². The first-order valence-electron chi connectivity index (χ1n) is 15.4. The lowest BCUT2D eigenvalue weighted by atomic mass is 9.76. The van der Waals surface area contributed by atoms with E-state index < -0.39 is 56.2 Å². The van der Waals surface area contributed by atoms with Crippen molar-refractivity contribution in [1.82, 2.24) is 9.80 Å². The van der Waals surface area contributed by atoms with Gasteiger partial charge in [0.05, 0.1) is 22.6 Å². The molecule has 2 fully saturated rings. The fraction of sp³-hybridized carbons (Fsp3) is 0.382. The van der Waals surface area contributed by atoms with Gasteiger partial charge in [-0.05, 0) is 72.7 Å². The van der Waals surface area contributed by atoms with Crippen LogP contribution in [0.25, 0.3) is 0 Å². The molecule has 7 nitrogen and oxygen atoms in total. The van der Waals surface area contributed by atoms with Crippen LogP contribution in [0.15, 0.2) is 71.6 Å². The van der Waals surface area contributed by atoms with Crippen LogP contribution in [0.5, 0.6) is 0 Å². The molecule has 2 heterocycles. The SMILES string of the molecule is N#Cc1ccc(CN2C(=O)CC[C@H]2C(=O)N2CCC3(S(=O)(=O)c4cccc(Cl)c4)c4ccc(C(F)(C(F)(F)F)C(F)(F)F)cc4CCC23)cc1. The zero-order chi connectivity index (χ0) is 36.4. The number of nitriles is 1. The third-order valence-electron chi connectivity index (χ3n) is 9.98. The number of sulfone groups is 1. The average molecular weight is 742 g/mol. The third kappa shape index (κ3) is 5.42. The van der Waals surface area contributed by atoms with E-state index in [2.05, 4.69) is 0 Å². The highest BCUT2D eigenvalue weighted by molar-refractivity contribution is 7.92. The maximum Gasteiger partial charge on any atom is 0.435 e. The number of likely N-dealkylation sites (tertiary alicyclic amines) is 2. The van der Waals surface area contributed by atoms with Gasteiger partial charge in [-0.3, -0.25) is 9.59 Å². The van der Waals surface area contributed by atoms with E-state index in [0.29, 0.717) is 23.3 Å². The summed E-state index contributed by atoms with van der Waals surface area (Å²) in [4.78, 5) is 29.7. The van der Waals surface area contributed by atoms with E-state index in [9.17, 15) is 44.3 Å². The largest absolute Gasteiger partial charge is 0.435 e. The van der Waals surface area contributed by atoms with E-state index in [1.807, 2.05) is 6.07 Å². The van der Waals surface area contributed by atoms with Gasteiger partial charge < -0.3 is 9.80 Å². The van der Waals surface area contributed by atoms with Gasteiger partial charge in [0, 0.05) is 30.1 Å². The van der Waals surface area contributed by atoms with Crippen molar-refractivity contribution in [1.29, 1.82) is 5.26 Å². The highest BCUT2D eigenvalue weighted by atomic mass is 35.5. The summed E-state index contributed by atoms with van der Waals surface area (Å²) in [5, 5.41) is 9.14. The van der Waals surface area contributed by atoms with Crippen LogP contribution < -0.4 is 0 Å². The summed E-state index contributed by atoms with van der Waals surface area (Å²) < 4.78 is 125. The fourth-order valence-corrected chi connectivity index (χ4v) is 10.3. The molecule has 16 heteroatoms. The van der Waals surface area contributed by atoms with Crippen molar-refractivity contribution >= 4 is 33.3 Å². The number of nitrogens with zero attached hydrogens (tertiary/aromatic N) is 3. The topological polar surface area (TPSA) is 98.5 Å². The van der Waals surface area contributed by atoms with Crippen molar-refractivity contribution in [2.45, 2.75) is 78.4 Å². The first-order valence-corrected chi connectivity index (χ1v) is 17.3. The molecular formula is C34H27ClF7N3O4S. The maximum absolute atomic E-state index is 15.1. The summed E-state index contributed by atoms with van der Waals surface area (Å²) in [5.74, 6) is -0.884. The number of hydrogen-bond acceptors (Lipinski definition) is 5. The third-order valence-corrected chi connectivity index (χ3v) is 12.7. The molecule has 3 aromatic rings. The molecule has 2 unspecified atom stereocenters. The van der Waals surface area contributed by atoms with Gasteiger partial charge >= 0.3 is 18.0 Å². The van der Waals surface area contributed by atoms with Crippen molar-refractivity contribution in [2.24, 2.45) is 0 Å². The second-order valence-corrected chi connectivity index (χ2v) is 15.2. The number of hydrogen-bond donors (Lipinski definition) is 0. The lowest BCUT2D eigenvalue weighted by molar-refractivity contribution is -0.348. The number of benzene rings is 3. The predicted octanol–water partition coefficient (Wildman–Crippen LogP) is 6.91. The molecule has 264 valence electrons. The van der Waals surface area contributed by atoms with E-state index in [0.717, 1.165) is 12.1 Å². The molecule has 0 saturated carbocycles. The average Bonchev–Trinajstić information content (AvgIpc) is 3.64. The number of amides is 2. The molecule has 0 radical (unpaired) electrons. The summed E-state index contributed by atoms with van der Waals surface area (Å²) in [6, 6.07) is 12.9. The first kappa shape index (κ1) is 35.7. The van der Waals surface area contributed by atoms with Crippen LogP contribution >= 0.6 is 11.6 Å². The van der Waals surface area contributed by atoms with Crippen LogP contribution in [0.1, 0.15) is 53.5 Å². The van der Waals surface area contributed by atoms with E-state index in [1.165, 1.54) is 28.0 Å². The molecule has 2 amide bonds. The summed E-state index contributed by atoms with van der Waals surface area (Å²) >= 11 is 6.13. The second-order valence-electron chi connectivity index (χ2n) is 12.6. The molecule has 2 aliphatic heterocycles. The molecule has 1 aliphatic carbocycles. The smallest absolute Gasteiger partial charge is 0.336 e. The van der Waals surface area contributed by atoms with Gasteiger partial charge in [-0.15, -0.1) is 0 Å². The van der Waals surface area contributed by atoms with Crippen LogP contribution in [0, 0.1) is 11.3 Å². The van der Waals surface area contributed by atoms with E-state index >= 15 is 4.39 Å². The van der Waals surface area contributed by atoms with E-state index in [4.69, 9.17) is 16.9 Å². The predicted molar refractivity (Wildman–Crippen MR) is 165 cm³/mol. The lowest BCUT2D eigenvalue weighted by Gasteiger charge is -2.43. The van der Waals surface area contributed by atoms with Gasteiger partial charge in [0.1, 0.15) is 10.8 Å². The van der Waals surface area contributed by atoms with Crippen molar-refractivity contribution < 1.29 is 48.7 Å². The minimum atomic E-state index is -6.37. The molecule has 0 aromatic heterocycles. The summed E-state index contributed by atoms with van der Waals surface area (Å²) in [7, 11) is -4.59. The van der Waals surface area contributed by atoms with Crippen LogP contribution in [0.2, 0.25) is 5.02 Å². The Balaban J connectivity index is 1.44. The number of halogens is 8. The Labute approximate surface area is 287 Å². The summed E-state index contributed by atoms with van der Waals surface area (Å²) in [6.07, 6.45) is -13.4. The quantitative estimate of drug-likeness (QED) is 0.256. The molecule has 0 spiro atoms. The molecule has 0 bridgehead atoms. The maximum atomic E-state index is 15.1. The second kappa shape index (κ2) is 12.3. The fourth-order valence-electron chi connectivity index (χ4n) is 7.60. The number of aryl methyl sites for hydroxylation is 1. The first-order chi connectivity index (χ1) is 23.4.